The lowest BCUT2D eigenvalue weighted by atomic mass is 9.83. The molecular formula is C30H27N3O3S2. The summed E-state index contributed by atoms with van der Waals surface area (Å²) in [5.41, 5.74) is 3.63. The molecular weight excluding hydrogens is 514 g/mol. The zero-order chi connectivity index (χ0) is 26.5. The molecule has 2 unspecified atom stereocenters. The Hall–Kier alpha value is -3.80. The van der Waals surface area contributed by atoms with E-state index in [4.69, 9.17) is 4.42 Å². The van der Waals surface area contributed by atoms with Gasteiger partial charge >= 0.3 is 0 Å². The Kier molecular flexibility index (Phi) is 7.97. The molecule has 2 aromatic heterocycles. The molecule has 2 atom stereocenters. The van der Waals surface area contributed by atoms with Crippen molar-refractivity contribution in [3.63, 3.8) is 0 Å². The number of nitrogens with zero attached hydrogens (tertiary/aromatic N) is 1. The molecule has 4 aromatic rings. The summed E-state index contributed by atoms with van der Waals surface area (Å²) < 4.78 is 5.15. The van der Waals surface area contributed by atoms with Gasteiger partial charge in [0.1, 0.15) is 11.1 Å². The third-order valence-corrected chi connectivity index (χ3v) is 9.19. The molecule has 0 spiro atoms. The summed E-state index contributed by atoms with van der Waals surface area (Å²) in [6.07, 6.45) is 4.79. The number of amides is 2. The summed E-state index contributed by atoms with van der Waals surface area (Å²) in [7, 11) is 0. The predicted octanol–water partition coefficient (Wildman–Crippen LogP) is 7.25. The fraction of sp³-hybridized carbons (Fsp3) is 0.233. The highest BCUT2D eigenvalue weighted by molar-refractivity contribution is 8.00. The van der Waals surface area contributed by atoms with Crippen LogP contribution in [0.1, 0.15) is 57.8 Å². The number of anilines is 2. The molecule has 0 saturated heterocycles. The smallest absolute Gasteiger partial charge is 0.291 e. The zero-order valence-corrected chi connectivity index (χ0v) is 22.5. The van der Waals surface area contributed by atoms with Crippen LogP contribution in [0.2, 0.25) is 0 Å². The third-order valence-electron chi connectivity index (χ3n) is 6.66. The normalized spacial score (nSPS) is 15.2. The molecule has 2 N–H and O–H groups in total. The zero-order valence-electron chi connectivity index (χ0n) is 20.9. The Balaban J connectivity index is 1.27. The number of fused-ring (bicyclic) bond motifs is 1. The first-order chi connectivity index (χ1) is 18.6. The number of carbonyl (C=O) groups is 2. The largest absolute Gasteiger partial charge is 0.459 e. The molecule has 192 valence electrons. The van der Waals surface area contributed by atoms with Crippen LogP contribution in [0.3, 0.4) is 0 Å². The second-order valence-corrected chi connectivity index (χ2v) is 11.5. The van der Waals surface area contributed by atoms with Crippen molar-refractivity contribution in [2.45, 2.75) is 48.7 Å². The standard InChI is InChI=1S/C30H27N3O3S2/c1-2-26(37-22-11-6-10-21(17-22)32-28(34)25-12-7-15-36-25)29(35)33-30-24(18-31)23-14-13-20(16-27(23)38-30)19-8-4-3-5-9-19/h3-12,15,17,20,26H,2,13-14,16H2,1H3,(H,32,34)(H,33,35). The number of hydrogen-bond acceptors (Lipinski definition) is 6. The van der Waals surface area contributed by atoms with E-state index in [0.29, 0.717) is 28.6 Å². The van der Waals surface area contributed by atoms with Crippen molar-refractivity contribution in [2.75, 3.05) is 10.6 Å². The molecule has 0 radical (unpaired) electrons. The molecule has 2 heterocycles. The van der Waals surface area contributed by atoms with Crippen molar-refractivity contribution in [1.82, 2.24) is 0 Å². The van der Waals surface area contributed by atoms with Crippen molar-refractivity contribution in [3.05, 3.63) is 100 Å². The molecule has 0 fully saturated rings. The Bertz CT molecular complexity index is 1470. The molecule has 6 nitrogen and oxygen atoms in total. The summed E-state index contributed by atoms with van der Waals surface area (Å²) in [6, 6.07) is 23.5. The van der Waals surface area contributed by atoms with E-state index in [1.54, 1.807) is 18.2 Å². The fourth-order valence-electron chi connectivity index (χ4n) is 4.73. The van der Waals surface area contributed by atoms with E-state index in [9.17, 15) is 14.9 Å². The van der Waals surface area contributed by atoms with Gasteiger partial charge in [-0.25, -0.2) is 0 Å². The molecule has 8 heteroatoms. The van der Waals surface area contributed by atoms with Crippen LogP contribution in [0.4, 0.5) is 10.7 Å². The lowest BCUT2D eigenvalue weighted by Gasteiger charge is -2.22. The van der Waals surface area contributed by atoms with Gasteiger partial charge in [-0.1, -0.05) is 43.3 Å². The third kappa shape index (κ3) is 5.69. The Morgan fingerprint density at radius 3 is 2.71 bits per heavy atom. The lowest BCUT2D eigenvalue weighted by molar-refractivity contribution is -0.115. The number of carbonyl (C=O) groups excluding carboxylic acids is 2. The van der Waals surface area contributed by atoms with Crippen molar-refractivity contribution in [2.24, 2.45) is 0 Å². The number of nitriles is 1. The molecule has 2 amide bonds. The summed E-state index contributed by atoms with van der Waals surface area (Å²) in [6.45, 7) is 1.97. The van der Waals surface area contributed by atoms with Gasteiger partial charge in [0.2, 0.25) is 5.91 Å². The van der Waals surface area contributed by atoms with Crippen LogP contribution in [0.25, 0.3) is 0 Å². The maximum absolute atomic E-state index is 13.3. The summed E-state index contributed by atoms with van der Waals surface area (Å²) in [4.78, 5) is 27.7. The van der Waals surface area contributed by atoms with Crippen LogP contribution in [0.5, 0.6) is 0 Å². The van der Waals surface area contributed by atoms with Gasteiger partial charge in [-0.3, -0.25) is 9.59 Å². The highest BCUT2D eigenvalue weighted by Gasteiger charge is 2.28. The number of thioether (sulfide) groups is 1. The quantitative estimate of drug-likeness (QED) is 0.229. The number of hydrogen-bond donors (Lipinski definition) is 2. The Morgan fingerprint density at radius 2 is 1.97 bits per heavy atom. The van der Waals surface area contributed by atoms with Crippen LogP contribution in [0, 0.1) is 11.3 Å². The Labute approximate surface area is 230 Å². The molecule has 38 heavy (non-hydrogen) atoms. The van der Waals surface area contributed by atoms with E-state index >= 15 is 0 Å². The molecule has 1 aliphatic rings. The van der Waals surface area contributed by atoms with Crippen LogP contribution in [-0.2, 0) is 17.6 Å². The van der Waals surface area contributed by atoms with E-state index in [-0.39, 0.29) is 22.8 Å². The first-order valence-electron chi connectivity index (χ1n) is 12.6. The first-order valence-corrected chi connectivity index (χ1v) is 14.3. The average Bonchev–Trinajstić information content (AvgIpc) is 3.60. The molecule has 1 aliphatic carbocycles. The maximum atomic E-state index is 13.3. The van der Waals surface area contributed by atoms with Gasteiger partial charge in [0.25, 0.3) is 5.91 Å². The number of nitrogens with one attached hydrogen (secondary N) is 2. The minimum absolute atomic E-state index is 0.128. The van der Waals surface area contributed by atoms with Crippen molar-refractivity contribution in [1.29, 1.82) is 5.26 Å². The van der Waals surface area contributed by atoms with Gasteiger partial charge in [0, 0.05) is 15.5 Å². The minimum atomic E-state index is -0.353. The van der Waals surface area contributed by atoms with Gasteiger partial charge in [-0.15, -0.1) is 23.1 Å². The van der Waals surface area contributed by atoms with E-state index < -0.39 is 0 Å². The SMILES string of the molecule is CCC(Sc1cccc(NC(=O)c2ccco2)c1)C(=O)Nc1sc2c(c1C#N)CCC(c1ccccc1)C2. The van der Waals surface area contributed by atoms with E-state index in [1.807, 2.05) is 31.2 Å². The second-order valence-electron chi connectivity index (χ2n) is 9.13. The molecule has 0 saturated carbocycles. The number of furan rings is 1. The monoisotopic (exact) mass is 541 g/mol. The van der Waals surface area contributed by atoms with Crippen molar-refractivity contribution < 1.29 is 14.0 Å². The lowest BCUT2D eigenvalue weighted by Crippen LogP contribution is -2.24. The van der Waals surface area contributed by atoms with E-state index in [2.05, 4.69) is 41.0 Å². The molecule has 2 aromatic carbocycles. The van der Waals surface area contributed by atoms with Crippen LogP contribution >= 0.6 is 23.1 Å². The van der Waals surface area contributed by atoms with Gasteiger partial charge in [0.05, 0.1) is 17.1 Å². The highest BCUT2D eigenvalue weighted by atomic mass is 32.2. The molecule has 5 rings (SSSR count). The van der Waals surface area contributed by atoms with Crippen LogP contribution < -0.4 is 10.6 Å². The molecule has 0 aliphatic heterocycles. The van der Waals surface area contributed by atoms with Crippen LogP contribution in [0.15, 0.2) is 82.3 Å². The summed E-state index contributed by atoms with van der Waals surface area (Å²) in [5, 5.41) is 16.1. The minimum Gasteiger partial charge on any atom is -0.459 e. The fourth-order valence-corrected chi connectivity index (χ4v) is 7.02. The van der Waals surface area contributed by atoms with Gasteiger partial charge < -0.3 is 15.1 Å². The first kappa shape index (κ1) is 25.8. The van der Waals surface area contributed by atoms with Crippen LogP contribution in [-0.4, -0.2) is 17.1 Å². The van der Waals surface area contributed by atoms with Crippen molar-refractivity contribution in [3.8, 4) is 6.07 Å². The average molecular weight is 542 g/mol. The summed E-state index contributed by atoms with van der Waals surface area (Å²) >= 11 is 2.97. The maximum Gasteiger partial charge on any atom is 0.291 e. The Morgan fingerprint density at radius 1 is 1.13 bits per heavy atom. The van der Waals surface area contributed by atoms with Gasteiger partial charge in [-0.2, -0.15) is 5.26 Å². The van der Waals surface area contributed by atoms with Gasteiger partial charge in [0.15, 0.2) is 5.76 Å². The van der Waals surface area contributed by atoms with Crippen molar-refractivity contribution >= 4 is 45.6 Å². The molecule has 0 bridgehead atoms. The van der Waals surface area contributed by atoms with Gasteiger partial charge in [-0.05, 0) is 73.1 Å². The topological polar surface area (TPSA) is 95.1 Å². The van der Waals surface area contributed by atoms with E-state index in [0.717, 1.165) is 29.7 Å². The summed E-state index contributed by atoms with van der Waals surface area (Å²) in [5.74, 6) is 0.201. The highest BCUT2D eigenvalue weighted by Crippen LogP contribution is 2.42. The number of rotatable bonds is 8. The van der Waals surface area contributed by atoms with E-state index in [1.165, 1.54) is 39.8 Å². The number of benzene rings is 2. The number of thiophene rings is 1. The second kappa shape index (κ2) is 11.7. The predicted molar refractivity (Wildman–Crippen MR) is 152 cm³/mol.